The fourth-order valence-electron chi connectivity index (χ4n) is 5.86. The molecule has 156 valence electrons. The molecule has 3 aliphatic carbocycles. The summed E-state index contributed by atoms with van der Waals surface area (Å²) in [6.07, 6.45) is 5.53. The van der Waals surface area contributed by atoms with E-state index in [2.05, 4.69) is 29.6 Å². The molecule has 2 aromatic rings. The molecule has 0 heterocycles. The molecule has 0 aromatic heterocycles. The zero-order valence-corrected chi connectivity index (χ0v) is 17.0. The first-order chi connectivity index (χ1) is 14.5. The normalized spacial score (nSPS) is 23.9. The fraction of sp³-hybridized carbons (Fsp3) is 0.440. The molecule has 3 aliphatic rings. The van der Waals surface area contributed by atoms with Crippen molar-refractivity contribution in [3.63, 3.8) is 0 Å². The number of carboxylic acids is 1. The standard InChI is InChI=1S/C25H27NO4/c27-22(28)25(14-6-13-24(16-25)11-5-12-24)26-23(29)30-15-21-19-9-3-1-7-17(19)18-8-2-4-10-20(18)21/h1-4,7-10,21H,5-6,11-16H2,(H,26,29)(H,27,28). The van der Waals surface area contributed by atoms with Gasteiger partial charge in [-0.15, -0.1) is 0 Å². The number of amides is 1. The summed E-state index contributed by atoms with van der Waals surface area (Å²) in [5.74, 6) is -0.977. The van der Waals surface area contributed by atoms with E-state index in [0.717, 1.165) is 43.2 Å². The van der Waals surface area contributed by atoms with Crippen LogP contribution in [0.4, 0.5) is 4.79 Å². The number of benzene rings is 2. The lowest BCUT2D eigenvalue weighted by molar-refractivity contribution is -0.150. The Morgan fingerprint density at radius 2 is 1.50 bits per heavy atom. The van der Waals surface area contributed by atoms with Crippen molar-refractivity contribution in [2.75, 3.05) is 6.61 Å². The van der Waals surface area contributed by atoms with Gasteiger partial charge in [-0.2, -0.15) is 0 Å². The molecule has 5 rings (SSSR count). The molecular weight excluding hydrogens is 378 g/mol. The van der Waals surface area contributed by atoms with Crippen molar-refractivity contribution < 1.29 is 19.4 Å². The van der Waals surface area contributed by atoms with Gasteiger partial charge in [0.25, 0.3) is 0 Å². The average Bonchev–Trinajstić information content (AvgIpc) is 3.05. The number of hydrogen-bond donors (Lipinski definition) is 2. The monoisotopic (exact) mass is 405 g/mol. The first-order valence-electron chi connectivity index (χ1n) is 10.9. The van der Waals surface area contributed by atoms with Gasteiger partial charge in [0.05, 0.1) is 0 Å². The first kappa shape index (κ1) is 19.2. The van der Waals surface area contributed by atoms with Crippen LogP contribution in [0.15, 0.2) is 48.5 Å². The van der Waals surface area contributed by atoms with Crippen LogP contribution in [0.3, 0.4) is 0 Å². The molecule has 1 atom stereocenters. The van der Waals surface area contributed by atoms with Crippen molar-refractivity contribution in [1.29, 1.82) is 0 Å². The summed E-state index contributed by atoms with van der Waals surface area (Å²) in [4.78, 5) is 24.9. The number of rotatable bonds is 4. The summed E-state index contributed by atoms with van der Waals surface area (Å²) in [5, 5.41) is 12.7. The van der Waals surface area contributed by atoms with Gasteiger partial charge < -0.3 is 15.2 Å². The van der Waals surface area contributed by atoms with Gasteiger partial charge in [0, 0.05) is 5.92 Å². The number of carbonyl (C=O) groups is 2. The van der Waals surface area contributed by atoms with E-state index in [1.807, 2.05) is 24.3 Å². The molecule has 2 saturated carbocycles. The molecule has 1 unspecified atom stereocenters. The second-order valence-corrected chi connectivity index (χ2v) is 9.22. The van der Waals surface area contributed by atoms with Gasteiger partial charge >= 0.3 is 12.1 Å². The van der Waals surface area contributed by atoms with E-state index in [1.165, 1.54) is 11.1 Å². The summed E-state index contributed by atoms with van der Waals surface area (Å²) in [6.45, 7) is 0.195. The van der Waals surface area contributed by atoms with Crippen molar-refractivity contribution in [1.82, 2.24) is 5.32 Å². The van der Waals surface area contributed by atoms with E-state index in [9.17, 15) is 14.7 Å². The predicted octanol–water partition coefficient (Wildman–Crippen LogP) is 5.09. The SMILES string of the molecule is O=C(NC1(C(=O)O)CCCC2(CCC2)C1)OCC1c2ccccc2-c2ccccc21. The number of ether oxygens (including phenoxy) is 1. The summed E-state index contributed by atoms with van der Waals surface area (Å²) < 4.78 is 5.62. The second-order valence-electron chi connectivity index (χ2n) is 9.22. The van der Waals surface area contributed by atoms with Crippen LogP contribution in [0.1, 0.15) is 62.0 Å². The highest BCUT2D eigenvalue weighted by Crippen LogP contribution is 2.54. The van der Waals surface area contributed by atoms with Gasteiger partial charge in [0.15, 0.2) is 0 Å². The maximum Gasteiger partial charge on any atom is 0.408 e. The molecule has 30 heavy (non-hydrogen) atoms. The third kappa shape index (κ3) is 3.08. The number of fused-ring (bicyclic) bond motifs is 3. The smallest absolute Gasteiger partial charge is 0.408 e. The maximum atomic E-state index is 12.7. The highest BCUT2D eigenvalue weighted by atomic mass is 16.5. The number of hydrogen-bond acceptors (Lipinski definition) is 3. The molecule has 0 aliphatic heterocycles. The summed E-state index contributed by atoms with van der Waals surface area (Å²) >= 11 is 0. The lowest BCUT2D eigenvalue weighted by Gasteiger charge is -2.51. The zero-order chi connectivity index (χ0) is 20.8. The van der Waals surface area contributed by atoms with Crippen LogP contribution in [0, 0.1) is 5.41 Å². The summed E-state index contributed by atoms with van der Waals surface area (Å²) in [5.41, 5.74) is 3.51. The first-order valence-corrected chi connectivity index (χ1v) is 10.9. The number of nitrogens with one attached hydrogen (secondary N) is 1. The molecule has 5 heteroatoms. The van der Waals surface area contributed by atoms with Crippen LogP contribution in [-0.2, 0) is 9.53 Å². The Kier molecular flexibility index (Phi) is 4.57. The fourth-order valence-corrected chi connectivity index (χ4v) is 5.86. The van der Waals surface area contributed by atoms with Crippen LogP contribution >= 0.6 is 0 Å². The molecule has 0 bridgehead atoms. The lowest BCUT2D eigenvalue weighted by atomic mass is 9.56. The molecule has 0 saturated heterocycles. The van der Waals surface area contributed by atoms with E-state index < -0.39 is 17.6 Å². The van der Waals surface area contributed by atoms with E-state index in [0.29, 0.717) is 12.8 Å². The van der Waals surface area contributed by atoms with Crippen molar-refractivity contribution in [2.24, 2.45) is 5.41 Å². The average molecular weight is 405 g/mol. The third-order valence-corrected chi connectivity index (χ3v) is 7.50. The van der Waals surface area contributed by atoms with Gasteiger partial charge in [-0.3, -0.25) is 0 Å². The van der Waals surface area contributed by atoms with Crippen LogP contribution < -0.4 is 5.32 Å². The Morgan fingerprint density at radius 3 is 2.07 bits per heavy atom. The van der Waals surface area contributed by atoms with Gasteiger partial charge in [-0.1, -0.05) is 55.0 Å². The van der Waals surface area contributed by atoms with Crippen molar-refractivity contribution in [3.8, 4) is 11.1 Å². The van der Waals surface area contributed by atoms with E-state index in [-0.39, 0.29) is 17.9 Å². The minimum Gasteiger partial charge on any atom is -0.480 e. The Hall–Kier alpha value is -2.82. The molecule has 2 fully saturated rings. The van der Waals surface area contributed by atoms with E-state index in [1.54, 1.807) is 0 Å². The quantitative estimate of drug-likeness (QED) is 0.743. The van der Waals surface area contributed by atoms with E-state index >= 15 is 0 Å². The Balaban J connectivity index is 1.31. The summed E-state index contributed by atoms with van der Waals surface area (Å²) in [6, 6.07) is 16.3. The van der Waals surface area contributed by atoms with Crippen LogP contribution in [0.2, 0.25) is 0 Å². The number of carboxylic acid groups (broad SMARTS) is 1. The van der Waals surface area contributed by atoms with Crippen LogP contribution in [0.5, 0.6) is 0 Å². The van der Waals surface area contributed by atoms with Gasteiger partial charge in [-0.05, 0) is 66.2 Å². The molecule has 0 radical (unpaired) electrons. The van der Waals surface area contributed by atoms with Crippen molar-refractivity contribution in [2.45, 2.75) is 56.4 Å². The predicted molar refractivity (Wildman–Crippen MR) is 113 cm³/mol. The highest BCUT2D eigenvalue weighted by molar-refractivity contribution is 5.85. The minimum atomic E-state index is -1.21. The van der Waals surface area contributed by atoms with Crippen LogP contribution in [-0.4, -0.2) is 29.3 Å². The summed E-state index contributed by atoms with van der Waals surface area (Å²) in [7, 11) is 0. The maximum absolute atomic E-state index is 12.7. The number of carbonyl (C=O) groups excluding carboxylic acids is 1. The molecule has 2 N–H and O–H groups in total. The topological polar surface area (TPSA) is 75.6 Å². The largest absolute Gasteiger partial charge is 0.480 e. The molecular formula is C25H27NO4. The van der Waals surface area contributed by atoms with Crippen LogP contribution in [0.25, 0.3) is 11.1 Å². The lowest BCUT2D eigenvalue weighted by Crippen LogP contribution is -2.60. The molecule has 5 nitrogen and oxygen atoms in total. The molecule has 2 aromatic carbocycles. The third-order valence-electron chi connectivity index (χ3n) is 7.50. The minimum absolute atomic E-state index is 0.0340. The Morgan fingerprint density at radius 1 is 0.933 bits per heavy atom. The highest BCUT2D eigenvalue weighted by Gasteiger charge is 2.52. The number of aliphatic carboxylic acids is 1. The molecule has 1 spiro atoms. The zero-order valence-electron chi connectivity index (χ0n) is 17.0. The van der Waals surface area contributed by atoms with E-state index in [4.69, 9.17) is 4.74 Å². The number of alkyl carbamates (subject to hydrolysis) is 1. The Bertz CT molecular complexity index is 951. The molecule has 1 amide bonds. The van der Waals surface area contributed by atoms with Gasteiger partial charge in [0.1, 0.15) is 12.1 Å². The van der Waals surface area contributed by atoms with Crippen molar-refractivity contribution >= 4 is 12.1 Å². The van der Waals surface area contributed by atoms with Gasteiger partial charge in [-0.25, -0.2) is 9.59 Å². The Labute approximate surface area is 176 Å². The van der Waals surface area contributed by atoms with Gasteiger partial charge in [0.2, 0.25) is 0 Å². The van der Waals surface area contributed by atoms with Crippen molar-refractivity contribution in [3.05, 3.63) is 59.7 Å². The second kappa shape index (κ2) is 7.15.